The highest BCUT2D eigenvalue weighted by molar-refractivity contribution is 7.09. The highest BCUT2D eigenvalue weighted by atomic mass is 32.1. The molecule has 0 atom stereocenters. The number of thiazole rings is 1. The van der Waals surface area contributed by atoms with Gasteiger partial charge in [-0.25, -0.2) is 4.98 Å². The zero-order valence-electron chi connectivity index (χ0n) is 11.1. The number of rotatable bonds is 6. The summed E-state index contributed by atoms with van der Waals surface area (Å²) in [4.78, 5) is 4.64. The van der Waals surface area contributed by atoms with Crippen LogP contribution in [0.4, 0.5) is 0 Å². The average Bonchev–Trinajstić information content (AvgIpc) is 2.90. The fraction of sp³-hybridized carbons (Fsp3) is 0.786. The molecule has 0 amide bonds. The molecule has 0 unspecified atom stereocenters. The van der Waals surface area contributed by atoms with Crippen molar-refractivity contribution in [2.24, 2.45) is 5.41 Å². The van der Waals surface area contributed by atoms with E-state index in [1.807, 2.05) is 11.3 Å². The van der Waals surface area contributed by atoms with E-state index in [9.17, 15) is 0 Å². The first-order valence-electron chi connectivity index (χ1n) is 6.86. The topological polar surface area (TPSA) is 24.9 Å². The van der Waals surface area contributed by atoms with Gasteiger partial charge in [0.25, 0.3) is 0 Å². The molecule has 0 radical (unpaired) electrons. The Balaban J connectivity index is 1.96. The van der Waals surface area contributed by atoms with Crippen LogP contribution in [0.1, 0.15) is 49.7 Å². The number of nitrogens with one attached hydrogen (secondary N) is 1. The van der Waals surface area contributed by atoms with E-state index in [2.05, 4.69) is 29.5 Å². The average molecular weight is 252 g/mol. The molecule has 1 aliphatic rings. The molecule has 3 heteroatoms. The van der Waals surface area contributed by atoms with Gasteiger partial charge in [0.1, 0.15) is 0 Å². The first-order chi connectivity index (χ1) is 8.24. The zero-order chi connectivity index (χ0) is 12.1. The Bertz CT molecular complexity index is 340. The van der Waals surface area contributed by atoms with Gasteiger partial charge in [-0.15, -0.1) is 11.3 Å². The molecule has 0 spiro atoms. The van der Waals surface area contributed by atoms with Gasteiger partial charge in [0, 0.05) is 24.0 Å². The minimum Gasteiger partial charge on any atom is -0.316 e. The molecule has 0 bridgehead atoms. The van der Waals surface area contributed by atoms with Crippen LogP contribution in [0, 0.1) is 12.3 Å². The van der Waals surface area contributed by atoms with E-state index in [-0.39, 0.29) is 0 Å². The van der Waals surface area contributed by atoms with Crippen molar-refractivity contribution >= 4 is 11.3 Å². The third-order valence-electron chi connectivity index (χ3n) is 3.78. The van der Waals surface area contributed by atoms with Gasteiger partial charge in [0.2, 0.25) is 0 Å². The molecule has 1 aromatic heterocycles. The fourth-order valence-electron chi connectivity index (χ4n) is 2.88. The highest BCUT2D eigenvalue weighted by Gasteiger charge is 2.34. The van der Waals surface area contributed by atoms with Crippen molar-refractivity contribution in [1.29, 1.82) is 0 Å². The standard InChI is InChI=1S/C14H24N2S/c1-3-8-15-11-14(6-4-5-7-14)9-13-16-12(2)10-17-13/h10,15H,3-9,11H2,1-2H3. The third kappa shape index (κ3) is 3.52. The molecule has 0 aromatic carbocycles. The van der Waals surface area contributed by atoms with E-state index in [4.69, 9.17) is 0 Å². The van der Waals surface area contributed by atoms with Crippen molar-refractivity contribution in [2.75, 3.05) is 13.1 Å². The molecular formula is C14H24N2S. The predicted molar refractivity (Wildman–Crippen MR) is 74.6 cm³/mol. The second-order valence-corrected chi connectivity index (χ2v) is 6.39. The molecule has 0 aliphatic heterocycles. The molecule has 1 aliphatic carbocycles. The molecule has 17 heavy (non-hydrogen) atoms. The van der Waals surface area contributed by atoms with Crippen LogP contribution in [-0.4, -0.2) is 18.1 Å². The molecular weight excluding hydrogens is 228 g/mol. The number of aryl methyl sites for hydroxylation is 1. The summed E-state index contributed by atoms with van der Waals surface area (Å²) in [6.45, 7) is 6.66. The van der Waals surface area contributed by atoms with Gasteiger partial charge in [0.05, 0.1) is 5.01 Å². The van der Waals surface area contributed by atoms with Crippen LogP contribution in [0.2, 0.25) is 0 Å². The summed E-state index contributed by atoms with van der Waals surface area (Å²) in [6.07, 6.45) is 7.97. The van der Waals surface area contributed by atoms with Crippen LogP contribution < -0.4 is 5.32 Å². The Kier molecular flexibility index (Phi) is 4.57. The Morgan fingerprint density at radius 3 is 2.76 bits per heavy atom. The van der Waals surface area contributed by atoms with Crippen LogP contribution in [0.5, 0.6) is 0 Å². The Morgan fingerprint density at radius 2 is 2.18 bits per heavy atom. The van der Waals surface area contributed by atoms with Crippen molar-refractivity contribution < 1.29 is 0 Å². The summed E-state index contributed by atoms with van der Waals surface area (Å²) < 4.78 is 0. The number of aromatic nitrogens is 1. The first kappa shape index (κ1) is 13.0. The molecule has 1 N–H and O–H groups in total. The summed E-state index contributed by atoms with van der Waals surface area (Å²) in [5.74, 6) is 0. The second-order valence-electron chi connectivity index (χ2n) is 5.44. The predicted octanol–water partition coefficient (Wildman–Crippen LogP) is 3.55. The van der Waals surface area contributed by atoms with Crippen molar-refractivity contribution in [3.63, 3.8) is 0 Å². The molecule has 0 saturated heterocycles. The van der Waals surface area contributed by atoms with Gasteiger partial charge >= 0.3 is 0 Å². The largest absolute Gasteiger partial charge is 0.316 e. The number of hydrogen-bond acceptors (Lipinski definition) is 3. The van der Waals surface area contributed by atoms with E-state index in [1.165, 1.54) is 55.8 Å². The summed E-state index contributed by atoms with van der Waals surface area (Å²) >= 11 is 1.84. The summed E-state index contributed by atoms with van der Waals surface area (Å²) in [7, 11) is 0. The van der Waals surface area contributed by atoms with Gasteiger partial charge < -0.3 is 5.32 Å². The van der Waals surface area contributed by atoms with Gasteiger partial charge in [-0.1, -0.05) is 19.8 Å². The highest BCUT2D eigenvalue weighted by Crippen LogP contribution is 2.40. The van der Waals surface area contributed by atoms with Crippen LogP contribution in [0.25, 0.3) is 0 Å². The van der Waals surface area contributed by atoms with Gasteiger partial charge in [-0.2, -0.15) is 0 Å². The van der Waals surface area contributed by atoms with Crippen LogP contribution in [0.3, 0.4) is 0 Å². The number of nitrogens with zero attached hydrogens (tertiary/aromatic N) is 1. The lowest BCUT2D eigenvalue weighted by Crippen LogP contribution is -2.34. The quantitative estimate of drug-likeness (QED) is 0.783. The third-order valence-corrected chi connectivity index (χ3v) is 4.75. The lowest BCUT2D eigenvalue weighted by molar-refractivity contribution is 0.278. The van der Waals surface area contributed by atoms with Crippen LogP contribution in [0.15, 0.2) is 5.38 Å². The molecule has 1 aromatic rings. The molecule has 2 nitrogen and oxygen atoms in total. The van der Waals surface area contributed by atoms with E-state index < -0.39 is 0 Å². The zero-order valence-corrected chi connectivity index (χ0v) is 11.9. The first-order valence-corrected chi connectivity index (χ1v) is 7.74. The van der Waals surface area contributed by atoms with Crippen molar-refractivity contribution in [2.45, 2.75) is 52.4 Å². The number of hydrogen-bond donors (Lipinski definition) is 1. The van der Waals surface area contributed by atoms with Gasteiger partial charge in [0.15, 0.2) is 0 Å². The summed E-state index contributed by atoms with van der Waals surface area (Å²) in [5, 5.41) is 7.14. The van der Waals surface area contributed by atoms with Crippen molar-refractivity contribution in [1.82, 2.24) is 10.3 Å². The smallest absolute Gasteiger partial charge is 0.0934 e. The van der Waals surface area contributed by atoms with Crippen molar-refractivity contribution in [3.05, 3.63) is 16.1 Å². The van der Waals surface area contributed by atoms with Gasteiger partial charge in [-0.05, 0) is 38.1 Å². The lowest BCUT2D eigenvalue weighted by atomic mass is 9.83. The normalized spacial score (nSPS) is 18.7. The van der Waals surface area contributed by atoms with E-state index >= 15 is 0 Å². The maximum atomic E-state index is 4.64. The van der Waals surface area contributed by atoms with Gasteiger partial charge in [-0.3, -0.25) is 0 Å². The Labute approximate surface area is 109 Å². The Hall–Kier alpha value is -0.410. The molecule has 1 heterocycles. The summed E-state index contributed by atoms with van der Waals surface area (Å²) in [6, 6.07) is 0. The molecule has 1 fully saturated rings. The monoisotopic (exact) mass is 252 g/mol. The minimum absolute atomic E-state index is 0.499. The van der Waals surface area contributed by atoms with Crippen molar-refractivity contribution in [3.8, 4) is 0 Å². The lowest BCUT2D eigenvalue weighted by Gasteiger charge is -2.28. The van der Waals surface area contributed by atoms with E-state index in [0.29, 0.717) is 5.41 Å². The van der Waals surface area contributed by atoms with E-state index in [1.54, 1.807) is 0 Å². The maximum absolute atomic E-state index is 4.64. The maximum Gasteiger partial charge on any atom is 0.0934 e. The molecule has 2 rings (SSSR count). The molecule has 96 valence electrons. The van der Waals surface area contributed by atoms with Crippen LogP contribution >= 0.6 is 11.3 Å². The Morgan fingerprint density at radius 1 is 1.41 bits per heavy atom. The fourth-order valence-corrected chi connectivity index (χ4v) is 3.82. The van der Waals surface area contributed by atoms with Crippen LogP contribution in [-0.2, 0) is 6.42 Å². The summed E-state index contributed by atoms with van der Waals surface area (Å²) in [5.41, 5.74) is 1.68. The minimum atomic E-state index is 0.499. The molecule has 1 saturated carbocycles. The second kappa shape index (κ2) is 5.96. The SMILES string of the molecule is CCCNCC1(Cc2nc(C)cs2)CCCC1. The van der Waals surface area contributed by atoms with E-state index in [0.717, 1.165) is 6.54 Å².